The molecule has 2 N–H and O–H groups in total. The number of guanidine groups is 1. The molecule has 3 rings (SSSR count). The Morgan fingerprint density at radius 1 is 1.08 bits per heavy atom. The van der Waals surface area contributed by atoms with Crippen LogP contribution in [0.5, 0.6) is 0 Å². The van der Waals surface area contributed by atoms with Gasteiger partial charge in [0.05, 0.1) is 11.9 Å². The molecule has 1 aliphatic rings. The van der Waals surface area contributed by atoms with Crippen LogP contribution in [0.4, 0.5) is 0 Å². The van der Waals surface area contributed by atoms with Gasteiger partial charge < -0.3 is 15.5 Å². The van der Waals surface area contributed by atoms with E-state index >= 15 is 0 Å². The maximum Gasteiger partial charge on any atom is 0.191 e. The van der Waals surface area contributed by atoms with Gasteiger partial charge in [0.2, 0.25) is 0 Å². The Labute approximate surface area is 156 Å². The maximum atomic E-state index is 4.44. The number of piperidine rings is 1. The normalized spacial score (nSPS) is 15.8. The highest BCUT2D eigenvalue weighted by Gasteiger charge is 2.09. The van der Waals surface area contributed by atoms with Crippen molar-refractivity contribution in [1.82, 2.24) is 25.3 Å². The predicted molar refractivity (Wildman–Crippen MR) is 107 cm³/mol. The molecule has 6 nitrogen and oxygen atoms in total. The van der Waals surface area contributed by atoms with Gasteiger partial charge >= 0.3 is 0 Å². The summed E-state index contributed by atoms with van der Waals surface area (Å²) >= 11 is 0. The van der Waals surface area contributed by atoms with Gasteiger partial charge in [-0.25, -0.2) is 4.68 Å². The Balaban J connectivity index is 1.37. The Hall–Kier alpha value is -2.34. The minimum absolute atomic E-state index is 0.837. The smallest absolute Gasteiger partial charge is 0.191 e. The van der Waals surface area contributed by atoms with E-state index in [1.165, 1.54) is 37.9 Å². The standard InChI is InChI=1S/C20H30N6/c1-21-20(23-12-15-25-13-6-3-7-14-25)22-11-10-18-16-24-26(17-18)19-8-4-2-5-9-19/h2,4-5,8-9,16-17H,3,6-7,10-15H2,1H3,(H2,21,22,23). The van der Waals surface area contributed by atoms with Gasteiger partial charge in [0, 0.05) is 32.9 Å². The number of likely N-dealkylation sites (tertiary alicyclic amines) is 1. The first kappa shape index (κ1) is 18.5. The number of para-hydroxylation sites is 1. The minimum atomic E-state index is 0.837. The van der Waals surface area contributed by atoms with E-state index in [9.17, 15) is 0 Å². The van der Waals surface area contributed by atoms with Gasteiger partial charge in [-0.15, -0.1) is 0 Å². The predicted octanol–water partition coefficient (Wildman–Crippen LogP) is 2.07. The van der Waals surface area contributed by atoms with Crippen LogP contribution in [0.1, 0.15) is 24.8 Å². The molecular weight excluding hydrogens is 324 g/mol. The average molecular weight is 355 g/mol. The lowest BCUT2D eigenvalue weighted by Crippen LogP contribution is -2.43. The molecular formula is C20H30N6. The van der Waals surface area contributed by atoms with E-state index < -0.39 is 0 Å². The molecule has 0 atom stereocenters. The number of hydrogen-bond acceptors (Lipinski definition) is 3. The molecule has 0 spiro atoms. The van der Waals surface area contributed by atoms with E-state index in [-0.39, 0.29) is 0 Å². The van der Waals surface area contributed by atoms with E-state index in [0.29, 0.717) is 0 Å². The van der Waals surface area contributed by atoms with Gasteiger partial charge in [0.1, 0.15) is 0 Å². The number of hydrogen-bond donors (Lipinski definition) is 2. The van der Waals surface area contributed by atoms with Crippen molar-refractivity contribution >= 4 is 5.96 Å². The summed E-state index contributed by atoms with van der Waals surface area (Å²) in [5.41, 5.74) is 2.30. The molecule has 1 fully saturated rings. The van der Waals surface area contributed by atoms with Crippen molar-refractivity contribution < 1.29 is 0 Å². The van der Waals surface area contributed by atoms with E-state index in [1.54, 1.807) is 0 Å². The summed E-state index contributed by atoms with van der Waals surface area (Å²) in [6.45, 7) is 5.33. The summed E-state index contributed by atoms with van der Waals surface area (Å²) in [4.78, 5) is 6.84. The highest BCUT2D eigenvalue weighted by molar-refractivity contribution is 5.79. The van der Waals surface area contributed by atoms with Crippen molar-refractivity contribution in [2.45, 2.75) is 25.7 Å². The number of aromatic nitrogens is 2. The lowest BCUT2D eigenvalue weighted by Gasteiger charge is -2.26. The zero-order chi connectivity index (χ0) is 18.0. The van der Waals surface area contributed by atoms with Crippen molar-refractivity contribution in [2.24, 2.45) is 4.99 Å². The molecule has 140 valence electrons. The Morgan fingerprint density at radius 2 is 1.85 bits per heavy atom. The van der Waals surface area contributed by atoms with Crippen molar-refractivity contribution in [2.75, 3.05) is 39.8 Å². The Bertz CT molecular complexity index is 673. The monoisotopic (exact) mass is 354 g/mol. The van der Waals surface area contributed by atoms with Crippen molar-refractivity contribution in [1.29, 1.82) is 0 Å². The highest BCUT2D eigenvalue weighted by Crippen LogP contribution is 2.08. The van der Waals surface area contributed by atoms with Crippen molar-refractivity contribution in [3.05, 3.63) is 48.3 Å². The number of nitrogens with zero attached hydrogens (tertiary/aromatic N) is 4. The molecule has 26 heavy (non-hydrogen) atoms. The number of rotatable bonds is 7. The van der Waals surface area contributed by atoms with Crippen molar-refractivity contribution in [3.63, 3.8) is 0 Å². The largest absolute Gasteiger partial charge is 0.356 e. The first-order valence-corrected chi connectivity index (χ1v) is 9.61. The topological polar surface area (TPSA) is 57.5 Å². The van der Waals surface area contributed by atoms with Crippen LogP contribution in [0.15, 0.2) is 47.7 Å². The van der Waals surface area contributed by atoms with E-state index in [0.717, 1.165) is 37.7 Å². The number of nitrogens with one attached hydrogen (secondary N) is 2. The Morgan fingerprint density at radius 3 is 2.62 bits per heavy atom. The molecule has 0 amide bonds. The van der Waals surface area contributed by atoms with Crippen LogP contribution in [0.3, 0.4) is 0 Å². The molecule has 1 aliphatic heterocycles. The van der Waals surface area contributed by atoms with Gasteiger partial charge in [-0.05, 0) is 50.0 Å². The molecule has 1 saturated heterocycles. The summed E-state index contributed by atoms with van der Waals surface area (Å²) in [7, 11) is 1.82. The summed E-state index contributed by atoms with van der Waals surface area (Å²) in [5.74, 6) is 0.873. The Kier molecular flexibility index (Phi) is 7.07. The third-order valence-corrected chi connectivity index (χ3v) is 4.76. The van der Waals surface area contributed by atoms with Gasteiger partial charge in [-0.1, -0.05) is 24.6 Å². The second kappa shape index (κ2) is 9.97. The van der Waals surface area contributed by atoms with Crippen LogP contribution in [0.2, 0.25) is 0 Å². The SMILES string of the molecule is CN=C(NCCc1cnn(-c2ccccc2)c1)NCCN1CCCCC1. The third-order valence-electron chi connectivity index (χ3n) is 4.76. The summed E-state index contributed by atoms with van der Waals surface area (Å²) in [6.07, 6.45) is 8.99. The zero-order valence-electron chi connectivity index (χ0n) is 15.7. The molecule has 0 saturated carbocycles. The molecule has 2 heterocycles. The van der Waals surface area contributed by atoms with Crippen LogP contribution in [-0.2, 0) is 6.42 Å². The fourth-order valence-electron chi connectivity index (χ4n) is 3.27. The van der Waals surface area contributed by atoms with Crippen LogP contribution < -0.4 is 10.6 Å². The lowest BCUT2D eigenvalue weighted by atomic mass is 10.1. The van der Waals surface area contributed by atoms with Crippen molar-refractivity contribution in [3.8, 4) is 5.69 Å². The summed E-state index contributed by atoms with van der Waals surface area (Å²) in [5, 5.41) is 11.2. The maximum absolute atomic E-state index is 4.44. The average Bonchev–Trinajstić information content (AvgIpc) is 3.17. The van der Waals surface area contributed by atoms with Crippen LogP contribution in [0, 0.1) is 0 Å². The first-order chi connectivity index (χ1) is 12.8. The van der Waals surface area contributed by atoms with E-state index in [2.05, 4.69) is 44.0 Å². The molecule has 2 aromatic rings. The van der Waals surface area contributed by atoms with Crippen LogP contribution >= 0.6 is 0 Å². The second-order valence-electron chi connectivity index (χ2n) is 6.71. The molecule has 1 aromatic heterocycles. The zero-order valence-corrected chi connectivity index (χ0v) is 15.7. The quantitative estimate of drug-likeness (QED) is 0.590. The molecule has 0 unspecified atom stereocenters. The van der Waals surface area contributed by atoms with E-state index in [1.807, 2.05) is 36.1 Å². The molecule has 1 aromatic carbocycles. The van der Waals surface area contributed by atoms with E-state index in [4.69, 9.17) is 0 Å². The summed E-state index contributed by atoms with van der Waals surface area (Å²) < 4.78 is 1.92. The first-order valence-electron chi connectivity index (χ1n) is 9.61. The van der Waals surface area contributed by atoms with Gasteiger partial charge in [-0.2, -0.15) is 5.10 Å². The fraction of sp³-hybridized carbons (Fsp3) is 0.500. The van der Waals surface area contributed by atoms with Gasteiger partial charge in [0.15, 0.2) is 5.96 Å². The molecule has 6 heteroatoms. The highest BCUT2D eigenvalue weighted by atomic mass is 15.3. The van der Waals surface area contributed by atoms with Gasteiger partial charge in [0.25, 0.3) is 0 Å². The van der Waals surface area contributed by atoms with Gasteiger partial charge in [-0.3, -0.25) is 4.99 Å². The number of benzene rings is 1. The molecule has 0 radical (unpaired) electrons. The van der Waals surface area contributed by atoms with Crippen LogP contribution in [-0.4, -0.2) is 60.4 Å². The van der Waals surface area contributed by atoms with Crippen LogP contribution in [0.25, 0.3) is 5.69 Å². The second-order valence-corrected chi connectivity index (χ2v) is 6.71. The fourth-order valence-corrected chi connectivity index (χ4v) is 3.27. The molecule has 0 bridgehead atoms. The summed E-state index contributed by atoms with van der Waals surface area (Å²) in [6, 6.07) is 10.2. The third kappa shape index (κ3) is 5.59. The minimum Gasteiger partial charge on any atom is -0.356 e. The molecule has 0 aliphatic carbocycles. The lowest BCUT2D eigenvalue weighted by molar-refractivity contribution is 0.232. The number of aliphatic imine (C=N–C) groups is 1.